The highest BCUT2D eigenvalue weighted by atomic mass is 19.1. The Hall–Kier alpha value is -3.26. The number of aliphatic hydroxyl groups excluding tert-OH is 1. The Labute approximate surface area is 168 Å². The van der Waals surface area contributed by atoms with Gasteiger partial charge < -0.3 is 20.1 Å². The molecule has 0 aliphatic carbocycles. The highest BCUT2D eigenvalue weighted by molar-refractivity contribution is 6.10. The number of aliphatic hydroxyl groups is 1. The number of rotatable bonds is 9. The molecule has 1 unspecified atom stereocenters. The van der Waals surface area contributed by atoms with Gasteiger partial charge >= 0.3 is 0 Å². The number of hydrogen-bond acceptors (Lipinski definition) is 5. The summed E-state index contributed by atoms with van der Waals surface area (Å²) in [5.41, 5.74) is 2.01. The number of nitrogens with one attached hydrogen (secondary N) is 1. The molecule has 0 aliphatic rings. The highest BCUT2D eigenvalue weighted by Crippen LogP contribution is 2.23. The number of benzene rings is 2. The van der Waals surface area contributed by atoms with Gasteiger partial charge in [0.1, 0.15) is 25.6 Å². The molecule has 0 saturated heterocycles. The van der Waals surface area contributed by atoms with Crippen molar-refractivity contribution < 1.29 is 28.6 Å². The normalized spacial score (nSPS) is 11.4. The largest absolute Gasteiger partial charge is 0.491 e. The fourth-order valence-corrected chi connectivity index (χ4v) is 2.79. The zero-order valence-corrected chi connectivity index (χ0v) is 16.2. The van der Waals surface area contributed by atoms with E-state index in [9.17, 15) is 18.8 Å². The average molecular weight is 402 g/mol. The number of alkyl halides is 1. The molecule has 0 saturated carbocycles. The number of ether oxygens (including phenoxy) is 1. The lowest BCUT2D eigenvalue weighted by molar-refractivity contribution is -0.135. The van der Waals surface area contributed by atoms with Gasteiger partial charge in [0.2, 0.25) is 5.91 Å². The summed E-state index contributed by atoms with van der Waals surface area (Å²) in [6, 6.07) is 12.3. The molecule has 0 heterocycles. The molecule has 2 N–H and O–H groups in total. The second-order valence-electron chi connectivity index (χ2n) is 6.20. The van der Waals surface area contributed by atoms with E-state index in [2.05, 4.69) is 5.32 Å². The second kappa shape index (κ2) is 10.3. The van der Waals surface area contributed by atoms with Crippen LogP contribution in [-0.2, 0) is 9.59 Å². The standard InChI is InChI=1S/C21H23FN2O5/c1-23-20(27)19(18(26)13-25)24(2)21(28)16-5-3-14(4-6-16)15-7-9-17(10-8-15)29-12-11-22/h3-10,19,25H,11-13H2,1-2H3,(H,23,27). The maximum atomic E-state index is 12.7. The molecule has 0 aliphatic heterocycles. The summed E-state index contributed by atoms with van der Waals surface area (Å²) in [5, 5.41) is 11.4. The molecule has 0 aromatic heterocycles. The van der Waals surface area contributed by atoms with Crippen molar-refractivity contribution in [2.45, 2.75) is 6.04 Å². The lowest BCUT2D eigenvalue weighted by Gasteiger charge is -2.25. The fraction of sp³-hybridized carbons (Fsp3) is 0.286. The van der Waals surface area contributed by atoms with Crippen molar-refractivity contribution in [1.82, 2.24) is 10.2 Å². The van der Waals surface area contributed by atoms with Crippen LogP contribution in [0, 0.1) is 0 Å². The predicted octanol–water partition coefficient (Wildman–Crippen LogP) is 1.45. The molecule has 154 valence electrons. The summed E-state index contributed by atoms with van der Waals surface area (Å²) in [5.74, 6) is -1.41. The number of ketones is 1. The third-order valence-electron chi connectivity index (χ3n) is 4.33. The van der Waals surface area contributed by atoms with Gasteiger partial charge in [-0.25, -0.2) is 4.39 Å². The summed E-state index contributed by atoms with van der Waals surface area (Å²) in [6.07, 6.45) is 0. The predicted molar refractivity (Wildman–Crippen MR) is 105 cm³/mol. The van der Waals surface area contributed by atoms with Crippen molar-refractivity contribution in [2.24, 2.45) is 0 Å². The Balaban J connectivity index is 2.17. The van der Waals surface area contributed by atoms with E-state index in [0.29, 0.717) is 11.3 Å². The van der Waals surface area contributed by atoms with E-state index in [1.54, 1.807) is 36.4 Å². The van der Waals surface area contributed by atoms with E-state index in [4.69, 9.17) is 9.84 Å². The van der Waals surface area contributed by atoms with Gasteiger partial charge in [-0.05, 0) is 35.4 Å². The fourth-order valence-electron chi connectivity index (χ4n) is 2.79. The van der Waals surface area contributed by atoms with E-state index in [1.165, 1.54) is 14.1 Å². The molecule has 0 bridgehead atoms. The van der Waals surface area contributed by atoms with Gasteiger partial charge in [-0.3, -0.25) is 14.4 Å². The maximum absolute atomic E-state index is 12.7. The lowest BCUT2D eigenvalue weighted by Crippen LogP contribution is -2.52. The van der Waals surface area contributed by atoms with Crippen LogP contribution in [0.3, 0.4) is 0 Å². The number of Topliss-reactive ketones (excluding diaryl/α,β-unsaturated/α-hetero) is 1. The van der Waals surface area contributed by atoms with E-state index < -0.39 is 36.9 Å². The topological polar surface area (TPSA) is 95.9 Å². The zero-order valence-electron chi connectivity index (χ0n) is 16.2. The molecule has 1 atom stereocenters. The van der Waals surface area contributed by atoms with Gasteiger partial charge in [0.15, 0.2) is 11.8 Å². The third kappa shape index (κ3) is 5.39. The van der Waals surface area contributed by atoms with E-state index in [-0.39, 0.29) is 6.61 Å². The first-order chi connectivity index (χ1) is 13.9. The Bertz CT molecular complexity index is 836. The maximum Gasteiger partial charge on any atom is 0.254 e. The average Bonchev–Trinajstić information content (AvgIpc) is 2.77. The van der Waals surface area contributed by atoms with Crippen molar-refractivity contribution in [2.75, 3.05) is 34.0 Å². The Morgan fingerprint density at radius 1 is 1.07 bits per heavy atom. The molecule has 0 fully saturated rings. The zero-order chi connectivity index (χ0) is 21.4. The van der Waals surface area contributed by atoms with Crippen LogP contribution in [0.25, 0.3) is 11.1 Å². The van der Waals surface area contributed by atoms with Crippen LogP contribution in [0.1, 0.15) is 10.4 Å². The first-order valence-corrected chi connectivity index (χ1v) is 8.94. The second-order valence-corrected chi connectivity index (χ2v) is 6.20. The SMILES string of the molecule is CNC(=O)C(C(=O)CO)N(C)C(=O)c1ccc(-c2ccc(OCCF)cc2)cc1. The molecule has 29 heavy (non-hydrogen) atoms. The van der Waals surface area contributed by atoms with Gasteiger partial charge in [-0.2, -0.15) is 0 Å². The van der Waals surface area contributed by atoms with Gasteiger partial charge in [0.05, 0.1) is 0 Å². The minimum atomic E-state index is -1.41. The molecule has 2 amide bonds. The monoisotopic (exact) mass is 402 g/mol. The first-order valence-electron chi connectivity index (χ1n) is 8.94. The number of carbonyl (C=O) groups excluding carboxylic acids is 3. The molecule has 7 nitrogen and oxygen atoms in total. The van der Waals surface area contributed by atoms with Crippen LogP contribution >= 0.6 is 0 Å². The molecule has 0 spiro atoms. The van der Waals surface area contributed by atoms with E-state index in [1.807, 2.05) is 12.1 Å². The quantitative estimate of drug-likeness (QED) is 0.619. The summed E-state index contributed by atoms with van der Waals surface area (Å²) in [7, 11) is 2.68. The Morgan fingerprint density at radius 3 is 2.10 bits per heavy atom. The van der Waals surface area contributed by atoms with Gasteiger partial charge in [0.25, 0.3) is 5.91 Å². The Kier molecular flexibility index (Phi) is 7.85. The number of hydrogen-bond donors (Lipinski definition) is 2. The van der Waals surface area contributed by atoms with Gasteiger partial charge in [-0.15, -0.1) is 0 Å². The molecule has 2 rings (SSSR count). The van der Waals surface area contributed by atoms with E-state index in [0.717, 1.165) is 16.0 Å². The lowest BCUT2D eigenvalue weighted by atomic mass is 10.0. The van der Waals surface area contributed by atoms with Crippen LogP contribution < -0.4 is 10.1 Å². The smallest absolute Gasteiger partial charge is 0.254 e. The number of amides is 2. The Morgan fingerprint density at radius 2 is 1.62 bits per heavy atom. The van der Waals surface area contributed by atoms with Crippen LogP contribution in [0.15, 0.2) is 48.5 Å². The van der Waals surface area contributed by atoms with Crippen molar-refractivity contribution in [1.29, 1.82) is 0 Å². The molecule has 2 aromatic carbocycles. The summed E-state index contributed by atoms with van der Waals surface area (Å²) >= 11 is 0. The van der Waals surface area contributed by atoms with Gasteiger partial charge in [0, 0.05) is 19.7 Å². The molecule has 0 radical (unpaired) electrons. The van der Waals surface area contributed by atoms with Crippen molar-refractivity contribution in [3.05, 3.63) is 54.1 Å². The van der Waals surface area contributed by atoms with Gasteiger partial charge in [-0.1, -0.05) is 24.3 Å². The molecular formula is C21H23FN2O5. The third-order valence-corrected chi connectivity index (χ3v) is 4.33. The number of nitrogens with zero attached hydrogens (tertiary/aromatic N) is 1. The number of carbonyl (C=O) groups is 3. The first kappa shape index (κ1) is 22.0. The molecule has 2 aromatic rings. The van der Waals surface area contributed by atoms with Crippen LogP contribution in [0.2, 0.25) is 0 Å². The van der Waals surface area contributed by atoms with Crippen molar-refractivity contribution in [3.63, 3.8) is 0 Å². The van der Waals surface area contributed by atoms with Crippen LogP contribution in [-0.4, -0.2) is 67.6 Å². The van der Waals surface area contributed by atoms with Crippen LogP contribution in [0.4, 0.5) is 4.39 Å². The summed E-state index contributed by atoms with van der Waals surface area (Å²) in [4.78, 5) is 37.5. The highest BCUT2D eigenvalue weighted by Gasteiger charge is 2.32. The minimum Gasteiger partial charge on any atom is -0.491 e. The molecular weight excluding hydrogens is 379 g/mol. The summed E-state index contributed by atoms with van der Waals surface area (Å²) in [6.45, 7) is -1.41. The minimum absolute atomic E-state index is 0.000491. The number of likely N-dealkylation sites (N-methyl/N-ethyl adjacent to an activating group) is 2. The summed E-state index contributed by atoms with van der Waals surface area (Å²) < 4.78 is 17.4. The number of halogens is 1. The van der Waals surface area contributed by atoms with Crippen molar-refractivity contribution >= 4 is 17.6 Å². The van der Waals surface area contributed by atoms with Crippen LogP contribution in [0.5, 0.6) is 5.75 Å². The van der Waals surface area contributed by atoms with Crippen molar-refractivity contribution in [3.8, 4) is 16.9 Å². The molecule has 8 heteroatoms. The van der Waals surface area contributed by atoms with E-state index >= 15 is 0 Å².